The summed E-state index contributed by atoms with van der Waals surface area (Å²) in [5.41, 5.74) is 4.18. The van der Waals surface area contributed by atoms with E-state index in [4.69, 9.17) is 4.98 Å². The van der Waals surface area contributed by atoms with Gasteiger partial charge in [-0.05, 0) is 51.5 Å². The number of hydrogen-bond acceptors (Lipinski definition) is 2. The minimum Gasteiger partial charge on any atom is -0.345 e. The predicted molar refractivity (Wildman–Crippen MR) is 86.4 cm³/mol. The molecule has 2 aromatic rings. The number of fused-ring (bicyclic) bond motifs is 1. The maximum atomic E-state index is 4.76. The van der Waals surface area contributed by atoms with E-state index in [2.05, 4.69) is 61.4 Å². The first-order valence-electron chi connectivity index (χ1n) is 7.88. The molecule has 1 aromatic heterocycles. The van der Waals surface area contributed by atoms with Crippen molar-refractivity contribution in [2.75, 3.05) is 0 Å². The lowest BCUT2D eigenvalue weighted by Crippen LogP contribution is -2.35. The zero-order valence-electron chi connectivity index (χ0n) is 13.2. The molecule has 2 N–H and O–H groups in total. The number of hydrogen-bond donors (Lipinski definition) is 2. The topological polar surface area (TPSA) is 40.7 Å². The first kappa shape index (κ1) is 14.3. The molecule has 0 amide bonds. The minimum absolute atomic E-state index is 0.125. The molecule has 0 spiro atoms. The zero-order valence-corrected chi connectivity index (χ0v) is 13.2. The SMILES string of the molecule is CC(C)(C)NCc1nc2c([nH]1)CC(c1ccccc1)CC2. The zero-order chi connectivity index (χ0) is 14.9. The molecule has 1 unspecified atom stereocenters. The second-order valence-electron chi connectivity index (χ2n) is 7.06. The van der Waals surface area contributed by atoms with Crippen molar-refractivity contribution in [1.82, 2.24) is 15.3 Å². The van der Waals surface area contributed by atoms with Crippen molar-refractivity contribution in [3.63, 3.8) is 0 Å². The molecule has 0 fully saturated rings. The number of aromatic amines is 1. The fourth-order valence-corrected chi connectivity index (χ4v) is 2.98. The summed E-state index contributed by atoms with van der Waals surface area (Å²) in [5.74, 6) is 1.70. The molecule has 3 nitrogen and oxygen atoms in total. The van der Waals surface area contributed by atoms with Gasteiger partial charge in [0.15, 0.2) is 0 Å². The number of nitrogens with one attached hydrogen (secondary N) is 2. The molecule has 0 radical (unpaired) electrons. The standard InChI is InChI=1S/C18H25N3/c1-18(2,3)19-12-17-20-15-10-9-14(11-16(15)21-17)13-7-5-4-6-8-13/h4-8,14,19H,9-12H2,1-3H3,(H,20,21). The smallest absolute Gasteiger partial charge is 0.120 e. The highest BCUT2D eigenvalue weighted by atomic mass is 15.0. The number of nitrogens with zero attached hydrogens (tertiary/aromatic N) is 1. The van der Waals surface area contributed by atoms with Gasteiger partial charge < -0.3 is 10.3 Å². The van der Waals surface area contributed by atoms with Crippen LogP contribution < -0.4 is 5.32 Å². The van der Waals surface area contributed by atoms with Crippen LogP contribution in [0.15, 0.2) is 30.3 Å². The molecule has 1 heterocycles. The molecular formula is C18H25N3. The highest BCUT2D eigenvalue weighted by Crippen LogP contribution is 2.31. The summed E-state index contributed by atoms with van der Waals surface area (Å²) >= 11 is 0. The van der Waals surface area contributed by atoms with Gasteiger partial charge in [-0.1, -0.05) is 30.3 Å². The van der Waals surface area contributed by atoms with Gasteiger partial charge in [0.2, 0.25) is 0 Å². The van der Waals surface area contributed by atoms with Gasteiger partial charge in [-0.2, -0.15) is 0 Å². The highest BCUT2D eigenvalue weighted by Gasteiger charge is 2.23. The highest BCUT2D eigenvalue weighted by molar-refractivity contribution is 5.27. The molecule has 21 heavy (non-hydrogen) atoms. The van der Waals surface area contributed by atoms with Crippen LogP contribution in [0.1, 0.15) is 55.9 Å². The molecular weight excluding hydrogens is 258 g/mol. The summed E-state index contributed by atoms with van der Waals surface area (Å²) in [4.78, 5) is 8.30. The van der Waals surface area contributed by atoms with E-state index in [1.165, 1.54) is 23.4 Å². The Morgan fingerprint density at radius 3 is 2.71 bits per heavy atom. The number of H-pyrrole nitrogens is 1. The summed E-state index contributed by atoms with van der Waals surface area (Å²) in [6.45, 7) is 7.36. The fraction of sp³-hybridized carbons (Fsp3) is 0.500. The average molecular weight is 283 g/mol. The van der Waals surface area contributed by atoms with Crippen LogP contribution in [-0.2, 0) is 19.4 Å². The van der Waals surface area contributed by atoms with Gasteiger partial charge in [0.05, 0.1) is 12.2 Å². The second-order valence-corrected chi connectivity index (χ2v) is 7.06. The molecule has 1 aromatic carbocycles. The van der Waals surface area contributed by atoms with Gasteiger partial charge in [-0.15, -0.1) is 0 Å². The third-order valence-electron chi connectivity index (χ3n) is 4.15. The van der Waals surface area contributed by atoms with Crippen molar-refractivity contribution in [2.45, 2.75) is 58.0 Å². The summed E-state index contributed by atoms with van der Waals surface area (Å²) in [6, 6.07) is 10.8. The predicted octanol–water partition coefficient (Wildman–Crippen LogP) is 3.57. The van der Waals surface area contributed by atoms with E-state index in [-0.39, 0.29) is 5.54 Å². The maximum Gasteiger partial charge on any atom is 0.120 e. The number of imidazole rings is 1. The Kier molecular flexibility index (Phi) is 3.85. The van der Waals surface area contributed by atoms with Gasteiger partial charge in [0.25, 0.3) is 0 Å². The number of rotatable bonds is 3. The van der Waals surface area contributed by atoms with E-state index < -0.39 is 0 Å². The van der Waals surface area contributed by atoms with Gasteiger partial charge >= 0.3 is 0 Å². The molecule has 112 valence electrons. The largest absolute Gasteiger partial charge is 0.345 e. The number of aromatic nitrogens is 2. The number of benzene rings is 1. The van der Waals surface area contributed by atoms with E-state index >= 15 is 0 Å². The third kappa shape index (κ3) is 3.53. The molecule has 0 aliphatic heterocycles. The van der Waals surface area contributed by atoms with Crippen LogP contribution in [0.4, 0.5) is 0 Å². The lowest BCUT2D eigenvalue weighted by Gasteiger charge is -2.21. The molecule has 1 aliphatic carbocycles. The van der Waals surface area contributed by atoms with Crippen LogP contribution in [0.25, 0.3) is 0 Å². The average Bonchev–Trinajstić information content (AvgIpc) is 2.87. The third-order valence-corrected chi connectivity index (χ3v) is 4.15. The first-order chi connectivity index (χ1) is 10.0. The maximum absolute atomic E-state index is 4.76. The molecule has 0 saturated heterocycles. The van der Waals surface area contributed by atoms with Crippen molar-refractivity contribution < 1.29 is 0 Å². The Labute approximate surface area is 127 Å². The quantitative estimate of drug-likeness (QED) is 0.904. The van der Waals surface area contributed by atoms with Crippen LogP contribution in [-0.4, -0.2) is 15.5 Å². The number of aryl methyl sites for hydroxylation is 1. The fourth-order valence-electron chi connectivity index (χ4n) is 2.98. The molecule has 3 heteroatoms. The van der Waals surface area contributed by atoms with E-state index in [9.17, 15) is 0 Å². The van der Waals surface area contributed by atoms with Crippen molar-refractivity contribution in [1.29, 1.82) is 0 Å². The van der Waals surface area contributed by atoms with Gasteiger partial charge in [-0.25, -0.2) is 4.98 Å². The molecule has 0 saturated carbocycles. The summed E-state index contributed by atoms with van der Waals surface area (Å²) in [6.07, 6.45) is 3.37. The van der Waals surface area contributed by atoms with Crippen LogP contribution in [0.5, 0.6) is 0 Å². The Morgan fingerprint density at radius 2 is 2.00 bits per heavy atom. The van der Waals surface area contributed by atoms with Crippen molar-refractivity contribution in [3.05, 3.63) is 53.1 Å². The van der Waals surface area contributed by atoms with E-state index in [0.717, 1.165) is 25.2 Å². The molecule has 1 aliphatic rings. The van der Waals surface area contributed by atoms with Crippen LogP contribution in [0.2, 0.25) is 0 Å². The van der Waals surface area contributed by atoms with Crippen molar-refractivity contribution >= 4 is 0 Å². The van der Waals surface area contributed by atoms with Crippen LogP contribution >= 0.6 is 0 Å². The van der Waals surface area contributed by atoms with E-state index in [1.807, 2.05) is 0 Å². The van der Waals surface area contributed by atoms with Gasteiger partial charge in [-0.3, -0.25) is 0 Å². The lowest BCUT2D eigenvalue weighted by molar-refractivity contribution is 0.418. The van der Waals surface area contributed by atoms with E-state index in [0.29, 0.717) is 5.92 Å². The summed E-state index contributed by atoms with van der Waals surface area (Å²) in [5, 5.41) is 3.50. The summed E-state index contributed by atoms with van der Waals surface area (Å²) < 4.78 is 0. The van der Waals surface area contributed by atoms with Crippen LogP contribution in [0.3, 0.4) is 0 Å². The second kappa shape index (κ2) is 5.64. The van der Waals surface area contributed by atoms with E-state index in [1.54, 1.807) is 0 Å². The molecule has 3 rings (SSSR count). The normalized spacial score (nSPS) is 18.5. The molecule has 1 atom stereocenters. The Bertz CT molecular complexity index is 593. The van der Waals surface area contributed by atoms with Crippen molar-refractivity contribution in [3.8, 4) is 0 Å². The van der Waals surface area contributed by atoms with Crippen molar-refractivity contribution in [2.24, 2.45) is 0 Å². The first-order valence-corrected chi connectivity index (χ1v) is 7.88. The lowest BCUT2D eigenvalue weighted by atomic mass is 9.85. The van der Waals surface area contributed by atoms with Gasteiger partial charge in [0, 0.05) is 11.2 Å². The Hall–Kier alpha value is -1.61. The Morgan fingerprint density at radius 1 is 1.24 bits per heavy atom. The Balaban J connectivity index is 1.70. The van der Waals surface area contributed by atoms with Crippen LogP contribution in [0, 0.1) is 0 Å². The minimum atomic E-state index is 0.125. The molecule has 0 bridgehead atoms. The van der Waals surface area contributed by atoms with Gasteiger partial charge in [0.1, 0.15) is 5.82 Å². The summed E-state index contributed by atoms with van der Waals surface area (Å²) in [7, 11) is 0. The monoisotopic (exact) mass is 283 g/mol.